The van der Waals surface area contributed by atoms with Gasteiger partial charge in [0.05, 0.1) is 0 Å². The predicted octanol–water partition coefficient (Wildman–Crippen LogP) is 7.63. The lowest BCUT2D eigenvalue weighted by molar-refractivity contribution is -0.0648. The number of phenols is 1. The van der Waals surface area contributed by atoms with E-state index in [2.05, 4.69) is 50.0 Å². The lowest BCUT2D eigenvalue weighted by Gasteiger charge is -2.52. The number of fused-ring (bicyclic) bond motifs is 10. The number of terminal acetylenes is 2. The summed E-state index contributed by atoms with van der Waals surface area (Å²) in [7, 11) is 0. The number of aliphatic hydroxyl groups is 2. The summed E-state index contributed by atoms with van der Waals surface area (Å²) in [5.41, 5.74) is 2.85. The first-order valence-corrected chi connectivity index (χ1v) is 17.1. The Labute approximate surface area is 262 Å². The highest BCUT2D eigenvalue weighted by atomic mass is 16.5. The zero-order valence-corrected chi connectivity index (χ0v) is 26.2. The van der Waals surface area contributed by atoms with Crippen molar-refractivity contribution in [3.63, 3.8) is 0 Å². The van der Waals surface area contributed by atoms with Gasteiger partial charge in [-0.1, -0.05) is 37.8 Å². The molecule has 10 atom stereocenters. The van der Waals surface area contributed by atoms with Crippen molar-refractivity contribution in [2.24, 2.45) is 34.5 Å². The molecule has 230 valence electrons. The van der Waals surface area contributed by atoms with Crippen molar-refractivity contribution in [2.45, 2.75) is 114 Å². The lowest BCUT2D eigenvalue weighted by atomic mass is 9.53. The van der Waals surface area contributed by atoms with Crippen LogP contribution in [-0.4, -0.2) is 26.5 Å². The number of rotatable bonds is 2. The summed E-state index contributed by atoms with van der Waals surface area (Å²) in [6.45, 7) is 4.45. The molecule has 6 unspecified atom stereocenters. The number of phenolic OH excluding ortho intramolecular Hbond substituents is 1. The van der Waals surface area contributed by atoms with Crippen LogP contribution in [-0.2, 0) is 12.8 Å². The second kappa shape index (κ2) is 9.55. The molecule has 0 spiro atoms. The van der Waals surface area contributed by atoms with Gasteiger partial charge in [-0.05, 0) is 147 Å². The summed E-state index contributed by atoms with van der Waals surface area (Å²) in [5, 5.41) is 33.7. The molecule has 0 radical (unpaired) electrons. The molecule has 0 heterocycles. The van der Waals surface area contributed by atoms with Crippen molar-refractivity contribution in [2.75, 3.05) is 0 Å². The summed E-state index contributed by atoms with van der Waals surface area (Å²) >= 11 is 0. The van der Waals surface area contributed by atoms with E-state index in [-0.39, 0.29) is 16.6 Å². The third-order valence-corrected chi connectivity index (χ3v) is 14.5. The highest BCUT2D eigenvalue weighted by Crippen LogP contribution is 2.66. The quantitative estimate of drug-likeness (QED) is 0.315. The minimum Gasteiger partial charge on any atom is -0.504 e. The maximum absolute atomic E-state index is 11.3. The predicted molar refractivity (Wildman–Crippen MR) is 171 cm³/mol. The van der Waals surface area contributed by atoms with E-state index in [0.29, 0.717) is 54.1 Å². The Morgan fingerprint density at radius 3 is 1.91 bits per heavy atom. The van der Waals surface area contributed by atoms with E-state index < -0.39 is 11.2 Å². The number of hydrogen-bond donors (Lipinski definition) is 3. The SMILES string of the molecule is C#C[C@]1(O)CCC2C3CCc4cc(Oc5c(O)ccc6c5CCC5C6CC[C@@]6(C)C5CC[C@@]6(O)C#C)ccc4C3CC[C@@]21C. The maximum atomic E-state index is 11.3. The number of aryl methyl sites for hydroxylation is 1. The van der Waals surface area contributed by atoms with Gasteiger partial charge in [0.25, 0.3) is 0 Å². The van der Waals surface area contributed by atoms with Gasteiger partial charge in [0.1, 0.15) is 17.0 Å². The molecule has 2 aromatic rings. The monoisotopic (exact) mass is 590 g/mol. The fraction of sp³-hybridized carbons (Fsp3) is 0.600. The molecule has 0 saturated heterocycles. The van der Waals surface area contributed by atoms with Crippen LogP contribution in [0.4, 0.5) is 0 Å². The Hall–Kier alpha value is -2.92. The minimum atomic E-state index is -1.00. The van der Waals surface area contributed by atoms with E-state index >= 15 is 0 Å². The van der Waals surface area contributed by atoms with Crippen LogP contribution in [0.25, 0.3) is 0 Å². The molecule has 6 aliphatic rings. The highest BCUT2D eigenvalue weighted by molar-refractivity contribution is 5.55. The van der Waals surface area contributed by atoms with Gasteiger partial charge in [0, 0.05) is 16.4 Å². The molecular formula is C40H46O4. The van der Waals surface area contributed by atoms with Crippen molar-refractivity contribution in [1.29, 1.82) is 0 Å². The average Bonchev–Trinajstić information content (AvgIpc) is 3.47. The molecule has 3 N–H and O–H groups in total. The van der Waals surface area contributed by atoms with Gasteiger partial charge in [-0.3, -0.25) is 0 Å². The van der Waals surface area contributed by atoms with Crippen LogP contribution in [0.2, 0.25) is 0 Å². The lowest BCUT2D eigenvalue weighted by Crippen LogP contribution is -2.50. The standard InChI is InChI=1S/C40H46O4/c1-5-39(42)21-17-33-30-9-7-24-23-25(8-10-26(24)28(30)15-19-37(33,39)3)44-36-32-12-11-31-29(27(32)13-14-35(36)41)16-20-38(4)34(31)18-22-40(38,43)6-2/h1-2,8,10,13-14,23,28-31,33-34,41-43H,7,9,11-12,15-22H2,3-4H3/t28?,29?,30?,31?,33?,34?,37-,38-,39-,40-/m0/s1. The Kier molecular flexibility index (Phi) is 6.19. The molecule has 8 rings (SSSR count). The van der Waals surface area contributed by atoms with Gasteiger partial charge in [-0.15, -0.1) is 12.8 Å². The van der Waals surface area contributed by atoms with Crippen LogP contribution >= 0.6 is 0 Å². The first kappa shape index (κ1) is 28.5. The molecule has 0 aromatic heterocycles. The molecular weight excluding hydrogens is 544 g/mol. The molecule has 4 fully saturated rings. The first-order valence-electron chi connectivity index (χ1n) is 17.1. The van der Waals surface area contributed by atoms with Crippen LogP contribution in [0.1, 0.15) is 112 Å². The Bertz CT molecular complexity index is 1610. The molecule has 0 aliphatic heterocycles. The Morgan fingerprint density at radius 2 is 1.30 bits per heavy atom. The second-order valence-corrected chi connectivity index (χ2v) is 15.8. The fourth-order valence-corrected chi connectivity index (χ4v) is 12.0. The first-order chi connectivity index (χ1) is 21.1. The summed E-state index contributed by atoms with van der Waals surface area (Å²) in [6.07, 6.45) is 23.1. The molecule has 4 saturated carbocycles. The van der Waals surface area contributed by atoms with Gasteiger partial charge >= 0.3 is 0 Å². The van der Waals surface area contributed by atoms with E-state index in [1.807, 2.05) is 6.07 Å². The maximum Gasteiger partial charge on any atom is 0.172 e. The number of aromatic hydroxyl groups is 1. The summed E-state index contributed by atoms with van der Waals surface area (Å²) in [5.74, 6) is 10.0. The number of ether oxygens (including phenoxy) is 1. The van der Waals surface area contributed by atoms with Gasteiger partial charge in [-0.2, -0.15) is 0 Å². The van der Waals surface area contributed by atoms with E-state index in [4.69, 9.17) is 17.6 Å². The van der Waals surface area contributed by atoms with Crippen LogP contribution in [0, 0.1) is 59.2 Å². The largest absolute Gasteiger partial charge is 0.504 e. The van der Waals surface area contributed by atoms with E-state index in [9.17, 15) is 15.3 Å². The van der Waals surface area contributed by atoms with Crippen molar-refractivity contribution < 1.29 is 20.1 Å². The molecule has 0 bridgehead atoms. The molecule has 2 aromatic carbocycles. The highest BCUT2D eigenvalue weighted by Gasteiger charge is 2.62. The number of hydrogen-bond acceptors (Lipinski definition) is 4. The molecule has 4 nitrogen and oxygen atoms in total. The zero-order chi connectivity index (χ0) is 30.6. The van der Waals surface area contributed by atoms with E-state index in [1.54, 1.807) is 0 Å². The number of benzene rings is 2. The second-order valence-electron chi connectivity index (χ2n) is 15.8. The minimum absolute atomic E-state index is 0.191. The van der Waals surface area contributed by atoms with Gasteiger partial charge in [0.2, 0.25) is 0 Å². The zero-order valence-electron chi connectivity index (χ0n) is 26.2. The Balaban J connectivity index is 1.05. The average molecular weight is 591 g/mol. The van der Waals surface area contributed by atoms with E-state index in [0.717, 1.165) is 75.5 Å². The fourth-order valence-electron chi connectivity index (χ4n) is 12.0. The molecule has 0 amide bonds. The van der Waals surface area contributed by atoms with Crippen molar-refractivity contribution in [1.82, 2.24) is 0 Å². The molecule has 6 aliphatic carbocycles. The Morgan fingerprint density at radius 1 is 0.727 bits per heavy atom. The smallest absolute Gasteiger partial charge is 0.172 e. The third-order valence-electron chi connectivity index (χ3n) is 14.5. The van der Waals surface area contributed by atoms with Gasteiger partial charge in [0.15, 0.2) is 11.5 Å². The third kappa shape index (κ3) is 3.62. The van der Waals surface area contributed by atoms with Crippen LogP contribution in [0.3, 0.4) is 0 Å². The van der Waals surface area contributed by atoms with Crippen LogP contribution in [0.15, 0.2) is 30.3 Å². The van der Waals surface area contributed by atoms with Crippen LogP contribution in [0.5, 0.6) is 17.2 Å². The molecule has 44 heavy (non-hydrogen) atoms. The van der Waals surface area contributed by atoms with Crippen LogP contribution < -0.4 is 4.74 Å². The van der Waals surface area contributed by atoms with Gasteiger partial charge in [-0.25, -0.2) is 0 Å². The van der Waals surface area contributed by atoms with Crippen molar-refractivity contribution in [3.05, 3.63) is 52.6 Å². The van der Waals surface area contributed by atoms with Crippen molar-refractivity contribution >= 4 is 0 Å². The summed E-state index contributed by atoms with van der Waals surface area (Å²) in [4.78, 5) is 0. The van der Waals surface area contributed by atoms with Gasteiger partial charge < -0.3 is 20.1 Å². The summed E-state index contributed by atoms with van der Waals surface area (Å²) < 4.78 is 6.60. The molecule has 4 heteroatoms. The van der Waals surface area contributed by atoms with Crippen molar-refractivity contribution in [3.8, 4) is 41.9 Å². The normalized spacial score (nSPS) is 43.2. The van der Waals surface area contributed by atoms with E-state index in [1.165, 1.54) is 16.7 Å². The summed E-state index contributed by atoms with van der Waals surface area (Å²) in [6, 6.07) is 10.5. The topological polar surface area (TPSA) is 69.9 Å².